The van der Waals surface area contributed by atoms with Crippen molar-refractivity contribution in [1.82, 2.24) is 4.98 Å². The minimum atomic E-state index is -5.77. The van der Waals surface area contributed by atoms with Gasteiger partial charge in [-0.15, -0.1) is 0 Å². The Morgan fingerprint density at radius 2 is 1.71 bits per heavy atom. The van der Waals surface area contributed by atoms with Crippen LogP contribution in [0.4, 0.5) is 26.3 Å². The van der Waals surface area contributed by atoms with E-state index in [1.165, 1.54) is 12.1 Å². The normalized spacial score (nSPS) is 16.4. The van der Waals surface area contributed by atoms with Crippen LogP contribution in [0.15, 0.2) is 48.5 Å². The molecule has 1 heterocycles. The maximum Gasteiger partial charge on any atom is 0.439 e. The molecule has 4 nitrogen and oxygen atoms in total. The van der Waals surface area contributed by atoms with Crippen LogP contribution < -0.4 is 4.74 Å². The van der Waals surface area contributed by atoms with Gasteiger partial charge in [0.25, 0.3) is 6.17 Å². The summed E-state index contributed by atoms with van der Waals surface area (Å²) >= 11 is 0. The first kappa shape index (κ1) is 23.6. The van der Waals surface area contributed by atoms with Crippen LogP contribution in [-0.4, -0.2) is 34.5 Å². The van der Waals surface area contributed by atoms with Gasteiger partial charge in [-0.3, -0.25) is 0 Å². The number of allylic oxidation sites excluding steroid dienone is 1. The highest BCUT2D eigenvalue weighted by atomic mass is 19.4. The summed E-state index contributed by atoms with van der Waals surface area (Å²) in [5.74, 6) is -1.70. The molecule has 0 saturated carbocycles. The van der Waals surface area contributed by atoms with E-state index in [1.54, 1.807) is 30.3 Å². The second-order valence-electron chi connectivity index (χ2n) is 7.80. The van der Waals surface area contributed by atoms with Crippen molar-refractivity contribution in [2.75, 3.05) is 0 Å². The standard InChI is InChI=1S/C24H17F6NO3/c25-22(23(26,27)28)24(29,30)34-15-10-8-13(9-11-15)12-14-4-3-6-17-19(21(32)33)16-5-1-2-7-18(16)31-20(14)17/h1-2,5,7-12,22H,3-4,6H2,(H,32,33)/b14-12+/t22-/m0/s1. The molecule has 3 aromatic rings. The van der Waals surface area contributed by atoms with E-state index >= 15 is 0 Å². The molecule has 0 radical (unpaired) electrons. The molecule has 0 unspecified atom stereocenters. The van der Waals surface area contributed by atoms with Crippen molar-refractivity contribution in [2.24, 2.45) is 0 Å². The van der Waals surface area contributed by atoms with Gasteiger partial charge in [0.15, 0.2) is 0 Å². The first-order valence-electron chi connectivity index (χ1n) is 10.2. The van der Waals surface area contributed by atoms with Crippen LogP contribution in [0.5, 0.6) is 5.75 Å². The van der Waals surface area contributed by atoms with Gasteiger partial charge in [-0.05, 0) is 60.2 Å². The van der Waals surface area contributed by atoms with Crippen molar-refractivity contribution in [3.05, 3.63) is 70.9 Å². The van der Waals surface area contributed by atoms with E-state index in [0.29, 0.717) is 47.0 Å². The zero-order valence-corrected chi connectivity index (χ0v) is 17.4. The lowest BCUT2D eigenvalue weighted by Gasteiger charge is -2.23. The average molecular weight is 481 g/mol. The minimum Gasteiger partial charge on any atom is -0.478 e. The molecule has 1 N–H and O–H groups in total. The lowest BCUT2D eigenvalue weighted by molar-refractivity contribution is -0.304. The molecule has 0 bridgehead atoms. The number of nitrogens with zero attached hydrogens (tertiary/aromatic N) is 1. The zero-order valence-electron chi connectivity index (χ0n) is 17.4. The number of carbonyl (C=O) groups is 1. The number of rotatable bonds is 5. The summed E-state index contributed by atoms with van der Waals surface area (Å²) in [5.41, 5.74) is 3.06. The fourth-order valence-electron chi connectivity index (χ4n) is 3.95. The SMILES string of the molecule is O=C(O)c1c2c(nc3ccccc13)/C(=C/c1ccc(OC(F)(F)[C@@H](F)C(F)(F)F)cc1)CCC2. The summed E-state index contributed by atoms with van der Waals surface area (Å²) in [4.78, 5) is 16.6. The largest absolute Gasteiger partial charge is 0.478 e. The maximum atomic E-state index is 13.5. The summed E-state index contributed by atoms with van der Waals surface area (Å²) in [5, 5.41) is 10.3. The second-order valence-corrected chi connectivity index (χ2v) is 7.80. The molecule has 0 aliphatic heterocycles. The lowest BCUT2D eigenvalue weighted by atomic mass is 9.86. The molecule has 34 heavy (non-hydrogen) atoms. The number of benzene rings is 2. The minimum absolute atomic E-state index is 0.183. The van der Waals surface area contributed by atoms with Gasteiger partial charge in [-0.1, -0.05) is 30.3 Å². The molecule has 10 heteroatoms. The number of ether oxygens (including phenoxy) is 1. The highest BCUT2D eigenvalue weighted by molar-refractivity contribution is 6.05. The van der Waals surface area contributed by atoms with Crippen LogP contribution in [0.3, 0.4) is 0 Å². The summed E-state index contributed by atoms with van der Waals surface area (Å²) in [7, 11) is 0. The summed E-state index contributed by atoms with van der Waals surface area (Å²) in [6.45, 7) is 0. The number of alkyl halides is 6. The van der Waals surface area contributed by atoms with Crippen LogP contribution in [0.2, 0.25) is 0 Å². The number of para-hydroxylation sites is 1. The molecule has 0 saturated heterocycles. The van der Waals surface area contributed by atoms with Crippen molar-refractivity contribution in [1.29, 1.82) is 0 Å². The summed E-state index contributed by atoms with van der Waals surface area (Å²) in [6, 6.07) is 11.5. The third-order valence-corrected chi connectivity index (χ3v) is 5.44. The number of hydrogen-bond donors (Lipinski definition) is 1. The van der Waals surface area contributed by atoms with Crippen molar-refractivity contribution in [2.45, 2.75) is 37.7 Å². The Hall–Kier alpha value is -3.56. The molecule has 0 fully saturated rings. The molecule has 1 aliphatic rings. The molecular formula is C24H17F6NO3. The Balaban J connectivity index is 1.66. The fourth-order valence-corrected chi connectivity index (χ4v) is 3.95. The van der Waals surface area contributed by atoms with E-state index in [1.807, 2.05) is 0 Å². The number of fused-ring (bicyclic) bond motifs is 2. The van der Waals surface area contributed by atoms with Gasteiger partial charge in [0.1, 0.15) is 5.75 Å². The molecule has 2 aromatic carbocycles. The predicted molar refractivity (Wildman–Crippen MR) is 112 cm³/mol. The van der Waals surface area contributed by atoms with Gasteiger partial charge in [-0.25, -0.2) is 14.2 Å². The Labute approximate surface area is 189 Å². The van der Waals surface area contributed by atoms with Gasteiger partial charge in [0.2, 0.25) is 0 Å². The number of pyridine rings is 1. The fraction of sp³-hybridized carbons (Fsp3) is 0.250. The summed E-state index contributed by atoms with van der Waals surface area (Å²) in [6.07, 6.45) is -11.8. The maximum absolute atomic E-state index is 13.5. The third-order valence-electron chi connectivity index (χ3n) is 5.44. The van der Waals surface area contributed by atoms with Crippen molar-refractivity contribution in [3.63, 3.8) is 0 Å². The molecular weight excluding hydrogens is 464 g/mol. The highest BCUT2D eigenvalue weighted by Crippen LogP contribution is 2.38. The number of halogens is 6. The quantitative estimate of drug-likeness (QED) is 0.413. The number of hydrogen-bond acceptors (Lipinski definition) is 3. The first-order chi connectivity index (χ1) is 16.0. The Kier molecular flexibility index (Phi) is 6.01. The monoisotopic (exact) mass is 481 g/mol. The van der Waals surface area contributed by atoms with Crippen LogP contribution in [-0.2, 0) is 6.42 Å². The second kappa shape index (κ2) is 8.66. The third kappa shape index (κ3) is 4.57. The van der Waals surface area contributed by atoms with Crippen molar-refractivity contribution >= 4 is 28.5 Å². The topological polar surface area (TPSA) is 59.4 Å². The van der Waals surface area contributed by atoms with E-state index < -0.39 is 30.2 Å². The van der Waals surface area contributed by atoms with Gasteiger partial charge >= 0.3 is 18.3 Å². The Morgan fingerprint density at radius 1 is 1.03 bits per heavy atom. The van der Waals surface area contributed by atoms with Crippen LogP contribution >= 0.6 is 0 Å². The first-order valence-corrected chi connectivity index (χ1v) is 10.2. The van der Waals surface area contributed by atoms with Crippen molar-refractivity contribution in [3.8, 4) is 5.75 Å². The van der Waals surface area contributed by atoms with Crippen LogP contribution in [0.1, 0.15) is 40.0 Å². The van der Waals surface area contributed by atoms with Crippen molar-refractivity contribution < 1.29 is 41.0 Å². The number of aromatic carboxylic acids is 1. The number of carboxylic acid groups (broad SMARTS) is 1. The van der Waals surface area contributed by atoms with Gasteiger partial charge in [-0.2, -0.15) is 22.0 Å². The van der Waals surface area contributed by atoms with E-state index in [-0.39, 0.29) is 5.56 Å². The number of aromatic nitrogens is 1. The smallest absolute Gasteiger partial charge is 0.439 e. The molecule has 0 spiro atoms. The van der Waals surface area contributed by atoms with E-state index in [0.717, 1.165) is 17.7 Å². The van der Waals surface area contributed by atoms with Crippen LogP contribution in [0, 0.1) is 0 Å². The number of carboxylic acids is 1. The van der Waals surface area contributed by atoms with Crippen LogP contribution in [0.25, 0.3) is 22.6 Å². The average Bonchev–Trinajstić information content (AvgIpc) is 2.77. The van der Waals surface area contributed by atoms with Gasteiger partial charge < -0.3 is 9.84 Å². The Bertz CT molecular complexity index is 1270. The van der Waals surface area contributed by atoms with Gasteiger partial charge in [0.05, 0.1) is 16.8 Å². The zero-order chi connectivity index (χ0) is 24.7. The predicted octanol–water partition coefficient (Wildman–Crippen LogP) is 6.68. The molecule has 1 atom stereocenters. The van der Waals surface area contributed by atoms with Gasteiger partial charge in [0, 0.05) is 5.39 Å². The van der Waals surface area contributed by atoms with E-state index in [9.17, 15) is 36.2 Å². The summed E-state index contributed by atoms with van der Waals surface area (Å²) < 4.78 is 80.8. The molecule has 4 rings (SSSR count). The molecule has 1 aromatic heterocycles. The highest BCUT2D eigenvalue weighted by Gasteiger charge is 2.59. The van der Waals surface area contributed by atoms with E-state index in [2.05, 4.69) is 9.72 Å². The molecule has 178 valence electrons. The molecule has 1 aliphatic carbocycles. The van der Waals surface area contributed by atoms with E-state index in [4.69, 9.17) is 0 Å². The Morgan fingerprint density at radius 3 is 2.35 bits per heavy atom. The lowest BCUT2D eigenvalue weighted by Crippen LogP contribution is -2.45. The molecule has 0 amide bonds.